The van der Waals surface area contributed by atoms with Gasteiger partial charge in [0.05, 0.1) is 11.4 Å². The Morgan fingerprint density at radius 2 is 1.71 bits per heavy atom. The molecule has 0 aliphatic rings. The molecule has 0 heterocycles. The van der Waals surface area contributed by atoms with Gasteiger partial charge in [-0.1, -0.05) is 37.3 Å². The highest BCUT2D eigenvalue weighted by Gasteiger charge is 2.10. The van der Waals surface area contributed by atoms with E-state index in [-0.39, 0.29) is 18.1 Å². The van der Waals surface area contributed by atoms with Crippen LogP contribution in [0.25, 0.3) is 0 Å². The van der Waals surface area contributed by atoms with Gasteiger partial charge in [-0.3, -0.25) is 0 Å². The third-order valence-electron chi connectivity index (χ3n) is 3.24. The van der Waals surface area contributed by atoms with Crippen molar-refractivity contribution in [2.75, 3.05) is 23.4 Å². The summed E-state index contributed by atoms with van der Waals surface area (Å²) in [5, 5.41) is 5.19. The van der Waals surface area contributed by atoms with Gasteiger partial charge >= 0.3 is 6.03 Å². The Hall–Kier alpha value is -2.54. The molecular weight excluding hydrogens is 328 g/mol. The molecule has 128 valence electrons. The summed E-state index contributed by atoms with van der Waals surface area (Å²) >= 11 is 0. The van der Waals surface area contributed by atoms with Crippen LogP contribution in [0.4, 0.5) is 10.5 Å². The number of carbonyl (C=O) groups excluding carboxylic acids is 1. The van der Waals surface area contributed by atoms with Gasteiger partial charge in [0, 0.05) is 12.3 Å². The monoisotopic (exact) mass is 348 g/mol. The van der Waals surface area contributed by atoms with E-state index < -0.39 is 15.9 Å². The first-order chi connectivity index (χ1) is 11.5. The Bertz CT molecular complexity index is 776. The molecule has 7 heteroatoms. The van der Waals surface area contributed by atoms with Crippen LogP contribution in [-0.4, -0.2) is 32.5 Å². The van der Waals surface area contributed by atoms with Crippen LogP contribution in [0.15, 0.2) is 54.6 Å². The van der Waals surface area contributed by atoms with E-state index in [0.717, 1.165) is 0 Å². The van der Waals surface area contributed by atoms with Gasteiger partial charge in [-0.2, -0.15) is 0 Å². The lowest BCUT2D eigenvalue weighted by Gasteiger charge is -2.12. The normalized spacial score (nSPS) is 10.9. The quantitative estimate of drug-likeness (QED) is 0.805. The van der Waals surface area contributed by atoms with Crippen LogP contribution in [0, 0.1) is 0 Å². The molecule has 0 aliphatic heterocycles. The summed E-state index contributed by atoms with van der Waals surface area (Å²) in [7, 11) is -3.10. The summed E-state index contributed by atoms with van der Waals surface area (Å²) in [4.78, 5) is 11.9. The first-order valence-electron chi connectivity index (χ1n) is 7.57. The van der Waals surface area contributed by atoms with E-state index in [1.165, 1.54) is 0 Å². The number of para-hydroxylation sites is 3. The van der Waals surface area contributed by atoms with Crippen molar-refractivity contribution in [2.24, 2.45) is 0 Å². The standard InChI is InChI=1S/C17H20N2O4S/c1-2-24(21,22)13-12-18-17(20)19-15-10-6-7-11-16(15)23-14-8-4-3-5-9-14/h3-11H,2,12-13H2,1H3,(H2,18,19,20). The highest BCUT2D eigenvalue weighted by atomic mass is 32.2. The molecule has 2 aromatic carbocycles. The van der Waals surface area contributed by atoms with E-state index in [9.17, 15) is 13.2 Å². The second kappa shape index (κ2) is 8.35. The SMILES string of the molecule is CCS(=O)(=O)CCNC(=O)Nc1ccccc1Oc1ccccc1. The average molecular weight is 348 g/mol. The van der Waals surface area contributed by atoms with Gasteiger partial charge in [0.15, 0.2) is 15.6 Å². The van der Waals surface area contributed by atoms with Crippen molar-refractivity contribution in [3.05, 3.63) is 54.6 Å². The Morgan fingerprint density at radius 1 is 1.04 bits per heavy atom. The molecule has 2 aromatic rings. The molecule has 6 nitrogen and oxygen atoms in total. The Balaban J connectivity index is 1.96. The number of hydrogen-bond donors (Lipinski definition) is 2. The first kappa shape index (κ1) is 17.8. The molecule has 2 N–H and O–H groups in total. The molecular formula is C17H20N2O4S. The van der Waals surface area contributed by atoms with Gasteiger partial charge in [0.2, 0.25) is 0 Å². The van der Waals surface area contributed by atoms with Gasteiger partial charge in [-0.05, 0) is 24.3 Å². The number of ether oxygens (including phenoxy) is 1. The van der Waals surface area contributed by atoms with E-state index in [4.69, 9.17) is 4.74 Å². The minimum absolute atomic E-state index is 0.0592. The Labute approximate surface area is 141 Å². The Kier molecular flexibility index (Phi) is 6.20. The zero-order valence-corrected chi connectivity index (χ0v) is 14.2. The fraction of sp³-hybridized carbons (Fsp3) is 0.235. The van der Waals surface area contributed by atoms with Gasteiger partial charge < -0.3 is 15.4 Å². The molecule has 24 heavy (non-hydrogen) atoms. The van der Waals surface area contributed by atoms with Crippen LogP contribution < -0.4 is 15.4 Å². The highest BCUT2D eigenvalue weighted by molar-refractivity contribution is 7.91. The second-order valence-electron chi connectivity index (χ2n) is 5.03. The lowest BCUT2D eigenvalue weighted by atomic mass is 10.3. The van der Waals surface area contributed by atoms with Gasteiger partial charge in [-0.15, -0.1) is 0 Å². The fourth-order valence-corrected chi connectivity index (χ4v) is 2.61. The number of urea groups is 1. The van der Waals surface area contributed by atoms with E-state index >= 15 is 0 Å². The summed E-state index contributed by atoms with van der Waals surface area (Å²) in [5.74, 6) is 1.13. The molecule has 0 spiro atoms. The fourth-order valence-electron chi connectivity index (χ4n) is 1.91. The maximum absolute atomic E-state index is 11.9. The van der Waals surface area contributed by atoms with Crippen molar-refractivity contribution in [3.63, 3.8) is 0 Å². The van der Waals surface area contributed by atoms with Crippen LogP contribution in [0.5, 0.6) is 11.5 Å². The van der Waals surface area contributed by atoms with Crippen molar-refractivity contribution in [3.8, 4) is 11.5 Å². The van der Waals surface area contributed by atoms with Crippen LogP contribution in [0.2, 0.25) is 0 Å². The predicted octanol–water partition coefficient (Wildman–Crippen LogP) is 3.04. The smallest absolute Gasteiger partial charge is 0.319 e. The minimum atomic E-state index is -3.10. The molecule has 0 aliphatic carbocycles. The number of carbonyl (C=O) groups is 1. The third kappa shape index (κ3) is 5.58. The van der Waals surface area contributed by atoms with Crippen LogP contribution in [-0.2, 0) is 9.84 Å². The zero-order valence-electron chi connectivity index (χ0n) is 13.4. The molecule has 0 saturated carbocycles. The number of hydrogen-bond acceptors (Lipinski definition) is 4. The van der Waals surface area contributed by atoms with Crippen molar-refractivity contribution in [1.29, 1.82) is 0 Å². The molecule has 0 bridgehead atoms. The minimum Gasteiger partial charge on any atom is -0.455 e. The molecule has 0 saturated heterocycles. The van der Waals surface area contributed by atoms with Gasteiger partial charge in [0.25, 0.3) is 0 Å². The highest BCUT2D eigenvalue weighted by Crippen LogP contribution is 2.28. The topological polar surface area (TPSA) is 84.5 Å². The van der Waals surface area contributed by atoms with Gasteiger partial charge in [0.1, 0.15) is 5.75 Å². The first-order valence-corrected chi connectivity index (χ1v) is 9.39. The molecule has 0 radical (unpaired) electrons. The van der Waals surface area contributed by atoms with Crippen molar-refractivity contribution in [2.45, 2.75) is 6.92 Å². The molecule has 0 atom stereocenters. The van der Waals surface area contributed by atoms with E-state index in [0.29, 0.717) is 17.2 Å². The number of sulfone groups is 1. The maximum atomic E-state index is 11.9. The molecule has 0 aromatic heterocycles. The zero-order chi connectivity index (χ0) is 17.4. The van der Waals surface area contributed by atoms with E-state index in [1.54, 1.807) is 31.2 Å². The lowest BCUT2D eigenvalue weighted by molar-refractivity contribution is 0.252. The number of rotatable bonds is 7. The van der Waals surface area contributed by atoms with Crippen LogP contribution in [0.1, 0.15) is 6.92 Å². The summed E-state index contributed by atoms with van der Waals surface area (Å²) in [5.41, 5.74) is 0.497. The largest absolute Gasteiger partial charge is 0.455 e. The number of benzene rings is 2. The predicted molar refractivity (Wildman–Crippen MR) is 94.3 cm³/mol. The molecule has 0 unspecified atom stereocenters. The van der Waals surface area contributed by atoms with Crippen molar-refractivity contribution < 1.29 is 17.9 Å². The number of nitrogens with one attached hydrogen (secondary N) is 2. The summed E-state index contributed by atoms with van der Waals surface area (Å²) in [6, 6.07) is 15.8. The molecule has 2 rings (SSSR count). The van der Waals surface area contributed by atoms with Gasteiger partial charge in [-0.25, -0.2) is 13.2 Å². The van der Waals surface area contributed by atoms with Crippen LogP contribution in [0.3, 0.4) is 0 Å². The average Bonchev–Trinajstić information content (AvgIpc) is 2.57. The van der Waals surface area contributed by atoms with E-state index in [2.05, 4.69) is 10.6 Å². The molecule has 0 fully saturated rings. The Morgan fingerprint density at radius 3 is 2.42 bits per heavy atom. The van der Waals surface area contributed by atoms with Crippen LogP contribution >= 0.6 is 0 Å². The maximum Gasteiger partial charge on any atom is 0.319 e. The van der Waals surface area contributed by atoms with Crippen molar-refractivity contribution in [1.82, 2.24) is 5.32 Å². The number of anilines is 1. The second-order valence-corrected chi connectivity index (χ2v) is 7.50. The number of amides is 2. The summed E-state index contributed by atoms with van der Waals surface area (Å²) < 4.78 is 28.6. The lowest BCUT2D eigenvalue weighted by Crippen LogP contribution is -2.33. The summed E-state index contributed by atoms with van der Waals surface area (Å²) in [6.07, 6.45) is 0. The van der Waals surface area contributed by atoms with E-state index in [1.807, 2.05) is 30.3 Å². The summed E-state index contributed by atoms with van der Waals surface area (Å²) in [6.45, 7) is 1.64. The van der Waals surface area contributed by atoms with Crippen molar-refractivity contribution >= 4 is 21.6 Å². The third-order valence-corrected chi connectivity index (χ3v) is 4.95. The molecule has 2 amide bonds.